The molecule has 0 aromatic carbocycles. The van der Waals surface area contributed by atoms with E-state index in [0.717, 1.165) is 41.4 Å². The average molecular weight is 353 g/mol. The third-order valence-electron chi connectivity index (χ3n) is 5.27. The summed E-state index contributed by atoms with van der Waals surface area (Å²) < 4.78 is 3.86. The number of hydrogen-bond acceptors (Lipinski definition) is 4. The SMILES string of the molecule is Cc1nn(C)c(C)c1-c1cc(C(=O)N2CCC(c3nccn3C)C2)[nH]n1. The normalized spacial score (nSPS) is 17.2. The fourth-order valence-electron chi connectivity index (χ4n) is 3.80. The molecular formula is C18H23N7O. The van der Waals surface area contributed by atoms with E-state index in [2.05, 4.69) is 20.3 Å². The van der Waals surface area contributed by atoms with Crippen LogP contribution in [-0.4, -0.2) is 53.4 Å². The molecule has 4 rings (SSSR count). The molecule has 0 radical (unpaired) electrons. The molecule has 0 bridgehead atoms. The number of imidazole rings is 1. The lowest BCUT2D eigenvalue weighted by Gasteiger charge is -2.15. The quantitative estimate of drug-likeness (QED) is 0.778. The van der Waals surface area contributed by atoms with Gasteiger partial charge in [0.05, 0.1) is 11.4 Å². The van der Waals surface area contributed by atoms with Crippen LogP contribution in [-0.2, 0) is 14.1 Å². The molecule has 26 heavy (non-hydrogen) atoms. The first-order chi connectivity index (χ1) is 12.5. The van der Waals surface area contributed by atoms with E-state index >= 15 is 0 Å². The molecule has 0 spiro atoms. The minimum absolute atomic E-state index is 0.0142. The zero-order chi connectivity index (χ0) is 18.4. The highest BCUT2D eigenvalue weighted by Gasteiger charge is 2.31. The molecule has 3 aromatic rings. The molecule has 1 aliphatic heterocycles. The summed E-state index contributed by atoms with van der Waals surface area (Å²) in [6.45, 7) is 5.37. The number of H-pyrrole nitrogens is 1. The Morgan fingerprint density at radius 3 is 2.77 bits per heavy atom. The van der Waals surface area contributed by atoms with E-state index in [1.807, 2.05) is 54.4 Å². The van der Waals surface area contributed by atoms with Gasteiger partial charge in [-0.25, -0.2) is 4.98 Å². The third kappa shape index (κ3) is 2.61. The van der Waals surface area contributed by atoms with Gasteiger partial charge in [0.15, 0.2) is 0 Å². The van der Waals surface area contributed by atoms with Gasteiger partial charge in [-0.3, -0.25) is 14.6 Å². The molecule has 1 amide bonds. The van der Waals surface area contributed by atoms with Crippen molar-refractivity contribution in [2.24, 2.45) is 14.1 Å². The predicted molar refractivity (Wildman–Crippen MR) is 96.7 cm³/mol. The van der Waals surface area contributed by atoms with E-state index in [-0.39, 0.29) is 11.8 Å². The molecule has 1 atom stereocenters. The summed E-state index contributed by atoms with van der Waals surface area (Å²) >= 11 is 0. The van der Waals surface area contributed by atoms with Crippen molar-refractivity contribution in [1.82, 2.24) is 34.4 Å². The van der Waals surface area contributed by atoms with Crippen LogP contribution in [0.5, 0.6) is 0 Å². The summed E-state index contributed by atoms with van der Waals surface area (Å²) in [6.07, 6.45) is 4.68. The Morgan fingerprint density at radius 2 is 2.12 bits per heavy atom. The van der Waals surface area contributed by atoms with Crippen LogP contribution < -0.4 is 0 Å². The molecule has 8 nitrogen and oxygen atoms in total. The van der Waals surface area contributed by atoms with Crippen LogP contribution in [0, 0.1) is 13.8 Å². The first kappa shape index (κ1) is 16.6. The molecule has 8 heteroatoms. The Labute approximate surface area is 151 Å². The number of carbonyl (C=O) groups is 1. The average Bonchev–Trinajstić information content (AvgIpc) is 3.36. The molecule has 0 aliphatic carbocycles. The third-order valence-corrected chi connectivity index (χ3v) is 5.27. The van der Waals surface area contributed by atoms with Crippen molar-refractivity contribution in [3.63, 3.8) is 0 Å². The topological polar surface area (TPSA) is 84.6 Å². The second-order valence-electron chi connectivity index (χ2n) is 6.97. The number of rotatable bonds is 3. The van der Waals surface area contributed by atoms with Gasteiger partial charge in [0, 0.05) is 56.8 Å². The molecule has 1 N–H and O–H groups in total. The van der Waals surface area contributed by atoms with Crippen LogP contribution in [0.2, 0.25) is 0 Å². The van der Waals surface area contributed by atoms with Gasteiger partial charge in [-0.05, 0) is 26.3 Å². The molecular weight excluding hydrogens is 330 g/mol. The Balaban J connectivity index is 1.53. The largest absolute Gasteiger partial charge is 0.338 e. The van der Waals surface area contributed by atoms with Gasteiger partial charge in [-0.2, -0.15) is 10.2 Å². The first-order valence-electron chi connectivity index (χ1n) is 8.78. The number of carbonyl (C=O) groups excluding carboxylic acids is 1. The van der Waals surface area contributed by atoms with E-state index in [1.54, 1.807) is 6.20 Å². The number of aryl methyl sites for hydroxylation is 3. The maximum atomic E-state index is 12.9. The molecule has 1 unspecified atom stereocenters. The van der Waals surface area contributed by atoms with Crippen molar-refractivity contribution in [2.75, 3.05) is 13.1 Å². The summed E-state index contributed by atoms with van der Waals surface area (Å²) in [5, 5.41) is 11.7. The number of likely N-dealkylation sites (tertiary alicyclic amines) is 1. The van der Waals surface area contributed by atoms with Crippen LogP contribution in [0.25, 0.3) is 11.3 Å². The maximum absolute atomic E-state index is 12.9. The van der Waals surface area contributed by atoms with Gasteiger partial charge in [0.25, 0.3) is 5.91 Å². The number of amides is 1. The van der Waals surface area contributed by atoms with Crippen molar-refractivity contribution >= 4 is 5.91 Å². The summed E-state index contributed by atoms with van der Waals surface area (Å²) in [6, 6.07) is 1.83. The summed E-state index contributed by atoms with van der Waals surface area (Å²) in [5.74, 6) is 1.30. The van der Waals surface area contributed by atoms with Gasteiger partial charge < -0.3 is 9.47 Å². The molecule has 1 aliphatic rings. The van der Waals surface area contributed by atoms with Crippen LogP contribution in [0.4, 0.5) is 0 Å². The minimum Gasteiger partial charge on any atom is -0.338 e. The Kier molecular flexibility index (Phi) is 3.90. The van der Waals surface area contributed by atoms with Crippen molar-refractivity contribution in [1.29, 1.82) is 0 Å². The Morgan fingerprint density at radius 1 is 1.31 bits per heavy atom. The Bertz CT molecular complexity index is 964. The predicted octanol–water partition coefficient (Wildman–Crippen LogP) is 1.79. The highest BCUT2D eigenvalue weighted by molar-refractivity contribution is 5.93. The lowest BCUT2D eigenvalue weighted by Crippen LogP contribution is -2.29. The van der Waals surface area contributed by atoms with Crippen molar-refractivity contribution in [3.05, 3.63) is 41.4 Å². The highest BCUT2D eigenvalue weighted by Crippen LogP contribution is 2.28. The molecule has 3 aromatic heterocycles. The molecule has 1 saturated heterocycles. The van der Waals surface area contributed by atoms with E-state index in [0.29, 0.717) is 12.2 Å². The van der Waals surface area contributed by atoms with Crippen molar-refractivity contribution < 1.29 is 4.79 Å². The van der Waals surface area contributed by atoms with E-state index < -0.39 is 0 Å². The summed E-state index contributed by atoms with van der Waals surface area (Å²) in [4.78, 5) is 19.2. The number of nitrogens with one attached hydrogen (secondary N) is 1. The maximum Gasteiger partial charge on any atom is 0.271 e. The zero-order valence-corrected chi connectivity index (χ0v) is 15.5. The van der Waals surface area contributed by atoms with E-state index in [1.165, 1.54) is 0 Å². The van der Waals surface area contributed by atoms with Crippen molar-refractivity contribution in [3.8, 4) is 11.3 Å². The second kappa shape index (κ2) is 6.12. The molecule has 0 saturated carbocycles. The molecule has 4 heterocycles. The van der Waals surface area contributed by atoms with Gasteiger partial charge in [0.2, 0.25) is 0 Å². The van der Waals surface area contributed by atoms with Crippen LogP contribution in [0.1, 0.15) is 40.0 Å². The number of aromatic amines is 1. The van der Waals surface area contributed by atoms with Crippen LogP contribution >= 0.6 is 0 Å². The van der Waals surface area contributed by atoms with Gasteiger partial charge in [0.1, 0.15) is 11.5 Å². The number of aromatic nitrogens is 6. The van der Waals surface area contributed by atoms with Crippen LogP contribution in [0.3, 0.4) is 0 Å². The van der Waals surface area contributed by atoms with Crippen molar-refractivity contribution in [2.45, 2.75) is 26.2 Å². The van der Waals surface area contributed by atoms with Gasteiger partial charge in [-0.1, -0.05) is 0 Å². The Hall–Kier alpha value is -2.90. The van der Waals surface area contributed by atoms with Gasteiger partial charge >= 0.3 is 0 Å². The molecule has 1 fully saturated rings. The first-order valence-corrected chi connectivity index (χ1v) is 8.78. The summed E-state index contributed by atoms with van der Waals surface area (Å²) in [7, 11) is 3.90. The smallest absolute Gasteiger partial charge is 0.271 e. The van der Waals surface area contributed by atoms with E-state index in [9.17, 15) is 4.79 Å². The fraction of sp³-hybridized carbons (Fsp3) is 0.444. The fourth-order valence-corrected chi connectivity index (χ4v) is 3.80. The highest BCUT2D eigenvalue weighted by atomic mass is 16.2. The lowest BCUT2D eigenvalue weighted by atomic mass is 10.1. The second-order valence-corrected chi connectivity index (χ2v) is 6.97. The number of hydrogen-bond donors (Lipinski definition) is 1. The minimum atomic E-state index is -0.0142. The lowest BCUT2D eigenvalue weighted by molar-refractivity contribution is 0.0784. The molecule has 136 valence electrons. The monoisotopic (exact) mass is 353 g/mol. The standard InChI is InChI=1S/C18H23N7O/c1-11-16(12(2)24(4)22-11)14-9-15(21-20-14)18(26)25-7-5-13(10-25)17-19-6-8-23(17)3/h6,8-9,13H,5,7,10H2,1-4H3,(H,20,21). The van der Waals surface area contributed by atoms with Gasteiger partial charge in [-0.15, -0.1) is 0 Å². The number of nitrogens with zero attached hydrogens (tertiary/aromatic N) is 6. The zero-order valence-electron chi connectivity index (χ0n) is 15.5. The van der Waals surface area contributed by atoms with Crippen LogP contribution in [0.15, 0.2) is 18.5 Å². The van der Waals surface area contributed by atoms with E-state index in [4.69, 9.17) is 0 Å². The summed E-state index contributed by atoms with van der Waals surface area (Å²) in [5.41, 5.74) is 4.20.